The molecule has 1 aromatic carbocycles. The lowest BCUT2D eigenvalue weighted by molar-refractivity contribution is -0.143. The minimum absolute atomic E-state index is 0.0701. The Labute approximate surface area is 121 Å². The van der Waals surface area contributed by atoms with Gasteiger partial charge in [0.2, 0.25) is 5.88 Å². The monoisotopic (exact) mass is 285 g/mol. The number of aromatic hydroxyl groups is 1. The molecule has 0 aliphatic carbocycles. The van der Waals surface area contributed by atoms with Crippen molar-refractivity contribution in [2.75, 3.05) is 18.7 Å². The van der Waals surface area contributed by atoms with Crippen LogP contribution in [0.1, 0.15) is 5.56 Å². The van der Waals surface area contributed by atoms with Gasteiger partial charge < -0.3 is 9.84 Å². The number of rotatable bonds is 2. The molecule has 3 rings (SSSR count). The van der Waals surface area contributed by atoms with E-state index in [-0.39, 0.29) is 11.8 Å². The smallest absolute Gasteiger partial charge is 0.314 e. The highest BCUT2D eigenvalue weighted by Crippen LogP contribution is 2.27. The first-order valence-corrected chi connectivity index (χ1v) is 6.56. The molecule has 1 aliphatic heterocycles. The first-order chi connectivity index (χ1) is 10.2. The number of anilines is 1. The van der Waals surface area contributed by atoms with Gasteiger partial charge in [0.15, 0.2) is 0 Å². The van der Waals surface area contributed by atoms with Crippen molar-refractivity contribution in [2.24, 2.45) is 5.92 Å². The summed E-state index contributed by atoms with van der Waals surface area (Å²) in [7, 11) is 1.37. The first kappa shape index (κ1) is 13.2. The Bertz CT molecular complexity index is 693. The minimum atomic E-state index is -0.409. The highest BCUT2D eigenvalue weighted by molar-refractivity contribution is 5.79. The Hall–Kier alpha value is -2.76. The zero-order valence-electron chi connectivity index (χ0n) is 11.5. The predicted molar refractivity (Wildman–Crippen MR) is 77.6 cm³/mol. The molecular formula is C15H15N3O3. The molecule has 6 nitrogen and oxygen atoms in total. The zero-order valence-corrected chi connectivity index (χ0v) is 11.5. The Morgan fingerprint density at radius 1 is 1.38 bits per heavy atom. The van der Waals surface area contributed by atoms with Crippen LogP contribution in [0.2, 0.25) is 0 Å². The van der Waals surface area contributed by atoms with Gasteiger partial charge in [-0.25, -0.2) is 0 Å². The van der Waals surface area contributed by atoms with Crippen LogP contribution in [-0.2, 0) is 9.53 Å². The fourth-order valence-electron chi connectivity index (χ4n) is 2.37. The lowest BCUT2D eigenvalue weighted by Crippen LogP contribution is -2.36. The van der Waals surface area contributed by atoms with Gasteiger partial charge in [-0.1, -0.05) is 30.4 Å². The highest BCUT2D eigenvalue weighted by Gasteiger charge is 2.25. The Morgan fingerprint density at radius 3 is 2.90 bits per heavy atom. The second kappa shape index (κ2) is 5.32. The third-order valence-electron chi connectivity index (χ3n) is 3.41. The number of carbonyl (C=O) groups is 1. The number of benzene rings is 1. The summed E-state index contributed by atoms with van der Waals surface area (Å²) in [5.74, 6) is -0.784. The summed E-state index contributed by atoms with van der Waals surface area (Å²) in [4.78, 5) is 13.4. The third kappa shape index (κ3) is 2.47. The molecule has 0 saturated heterocycles. The average molecular weight is 285 g/mol. The van der Waals surface area contributed by atoms with Crippen LogP contribution in [0.3, 0.4) is 0 Å². The maximum Gasteiger partial charge on any atom is 0.314 e. The van der Waals surface area contributed by atoms with Gasteiger partial charge in [-0.3, -0.25) is 9.80 Å². The van der Waals surface area contributed by atoms with Crippen molar-refractivity contribution in [3.05, 3.63) is 48.2 Å². The van der Waals surface area contributed by atoms with Crippen molar-refractivity contribution in [3.8, 4) is 5.88 Å². The largest absolute Gasteiger partial charge is 0.492 e. The summed E-state index contributed by atoms with van der Waals surface area (Å²) in [6.45, 7) is 0.376. The van der Waals surface area contributed by atoms with E-state index >= 15 is 0 Å². The average Bonchev–Trinajstić information content (AvgIpc) is 2.84. The number of hydrogen-bond donors (Lipinski definition) is 1. The Balaban J connectivity index is 2.05. The Morgan fingerprint density at radius 2 is 2.19 bits per heavy atom. The predicted octanol–water partition coefficient (Wildman–Crippen LogP) is 1.67. The van der Waals surface area contributed by atoms with Gasteiger partial charge in [0.25, 0.3) is 0 Å². The minimum Gasteiger partial charge on any atom is -0.492 e. The van der Waals surface area contributed by atoms with E-state index in [0.29, 0.717) is 6.54 Å². The molecule has 0 bridgehead atoms. The number of aromatic nitrogens is 2. The molecular weight excluding hydrogens is 270 g/mol. The number of para-hydroxylation sites is 1. The molecule has 2 aromatic rings. The van der Waals surface area contributed by atoms with E-state index in [4.69, 9.17) is 4.74 Å². The van der Waals surface area contributed by atoms with Gasteiger partial charge in [-0.05, 0) is 11.6 Å². The normalized spacial score (nSPS) is 17.2. The Kier molecular flexibility index (Phi) is 3.35. The van der Waals surface area contributed by atoms with Crippen molar-refractivity contribution < 1.29 is 14.6 Å². The van der Waals surface area contributed by atoms with E-state index in [1.54, 1.807) is 6.20 Å². The highest BCUT2D eigenvalue weighted by atomic mass is 16.5. The summed E-state index contributed by atoms with van der Waals surface area (Å²) in [6, 6.07) is 9.25. The third-order valence-corrected chi connectivity index (χ3v) is 3.41. The molecule has 0 spiro atoms. The molecule has 0 amide bonds. The quantitative estimate of drug-likeness (QED) is 0.850. The number of carbonyl (C=O) groups excluding carboxylic acids is 1. The van der Waals surface area contributed by atoms with Crippen molar-refractivity contribution >= 4 is 17.7 Å². The van der Waals surface area contributed by atoms with Crippen molar-refractivity contribution in [2.45, 2.75) is 0 Å². The number of nitrogens with zero attached hydrogens (tertiary/aromatic N) is 3. The maximum absolute atomic E-state index is 11.9. The van der Waals surface area contributed by atoms with E-state index in [1.807, 2.05) is 41.4 Å². The van der Waals surface area contributed by atoms with Gasteiger partial charge in [0.1, 0.15) is 0 Å². The summed E-state index contributed by atoms with van der Waals surface area (Å²) >= 11 is 0. The van der Waals surface area contributed by atoms with Crippen LogP contribution in [-0.4, -0.2) is 34.6 Å². The summed E-state index contributed by atoms with van der Waals surface area (Å²) in [5, 5.41) is 15.3. The molecule has 1 aliphatic rings. The molecule has 1 aromatic heterocycles. The van der Waals surface area contributed by atoms with E-state index in [9.17, 15) is 9.90 Å². The molecule has 108 valence electrons. The molecule has 6 heteroatoms. The topological polar surface area (TPSA) is 67.6 Å². The summed E-state index contributed by atoms with van der Waals surface area (Å²) in [6.07, 6.45) is 5.38. The van der Waals surface area contributed by atoms with Gasteiger partial charge in [0, 0.05) is 6.07 Å². The standard InChI is InChI=1S/C15H15N3O3/c1-21-15(20)12-7-6-11-4-2-3-5-13(11)17(10-12)18-9-8-14(19)16-18/h2-9,12H,10H2,1H3,(H,16,19). The van der Waals surface area contributed by atoms with E-state index in [2.05, 4.69) is 5.10 Å². The van der Waals surface area contributed by atoms with E-state index in [1.165, 1.54) is 18.0 Å². The van der Waals surface area contributed by atoms with Crippen molar-refractivity contribution in [1.29, 1.82) is 0 Å². The molecule has 21 heavy (non-hydrogen) atoms. The number of ether oxygens (including phenoxy) is 1. The lowest BCUT2D eigenvalue weighted by atomic mass is 10.1. The maximum atomic E-state index is 11.9. The van der Waals surface area contributed by atoms with Crippen molar-refractivity contribution in [3.63, 3.8) is 0 Å². The molecule has 1 atom stereocenters. The van der Waals surface area contributed by atoms with Gasteiger partial charge in [0.05, 0.1) is 31.5 Å². The number of hydrogen-bond acceptors (Lipinski definition) is 5. The van der Waals surface area contributed by atoms with Gasteiger partial charge in [-0.2, -0.15) is 4.79 Å². The first-order valence-electron chi connectivity index (χ1n) is 6.56. The van der Waals surface area contributed by atoms with Gasteiger partial charge >= 0.3 is 5.97 Å². The molecule has 1 unspecified atom stereocenters. The molecule has 0 saturated carbocycles. The number of methoxy groups -OCH3 is 1. The zero-order chi connectivity index (χ0) is 14.8. The molecule has 2 heterocycles. The molecule has 0 fully saturated rings. The van der Waals surface area contributed by atoms with E-state index in [0.717, 1.165) is 11.3 Å². The van der Waals surface area contributed by atoms with Gasteiger partial charge in [-0.15, -0.1) is 5.10 Å². The van der Waals surface area contributed by atoms with Crippen LogP contribution in [0.5, 0.6) is 5.88 Å². The fourth-order valence-corrected chi connectivity index (χ4v) is 2.37. The second-order valence-corrected chi connectivity index (χ2v) is 4.72. The second-order valence-electron chi connectivity index (χ2n) is 4.72. The lowest BCUT2D eigenvalue weighted by Gasteiger charge is -2.26. The van der Waals surface area contributed by atoms with Crippen molar-refractivity contribution in [1.82, 2.24) is 9.89 Å². The van der Waals surface area contributed by atoms with Crippen LogP contribution in [0, 0.1) is 5.92 Å². The van der Waals surface area contributed by atoms with Crippen LogP contribution in [0.4, 0.5) is 5.69 Å². The van der Waals surface area contributed by atoms with E-state index < -0.39 is 5.92 Å². The fraction of sp³-hybridized carbons (Fsp3) is 0.200. The number of fused-ring (bicyclic) bond motifs is 1. The molecule has 0 radical (unpaired) electrons. The summed E-state index contributed by atoms with van der Waals surface area (Å²) < 4.78 is 4.84. The molecule has 1 N–H and O–H groups in total. The van der Waals surface area contributed by atoms with Crippen LogP contribution < -0.4 is 5.01 Å². The van der Waals surface area contributed by atoms with Crippen LogP contribution >= 0.6 is 0 Å². The number of esters is 1. The summed E-state index contributed by atoms with van der Waals surface area (Å²) in [5.41, 5.74) is 1.88. The van der Waals surface area contributed by atoms with Crippen LogP contribution in [0.15, 0.2) is 42.6 Å². The SMILES string of the molecule is COC(=O)C1C=Cc2ccccc2N(n2ccc(O)n2)C1. The van der Waals surface area contributed by atoms with Crippen LogP contribution in [0.25, 0.3) is 6.08 Å².